The van der Waals surface area contributed by atoms with Crippen LogP contribution in [-0.2, 0) is 0 Å². The number of benzene rings is 10. The second-order valence-electron chi connectivity index (χ2n) is 15.6. The topological polar surface area (TPSA) is 51.8 Å². The first-order valence-electron chi connectivity index (χ1n) is 20.6. The standard InChI is InChI=1S/C57H35N3O/c1-2-12-36(13-3-1)41-18-10-19-44(33-41)55-58-56(45-27-25-38-15-5-7-17-40(38)34-45)60-57(59-55)50-30-29-48(46-20-8-9-21-47(46)50)49-22-11-23-53-54(49)51-35-43(28-31-52(51)61-53)42-26-24-37-14-4-6-16-39(37)32-42/h1-35H. The van der Waals surface area contributed by atoms with Crippen molar-refractivity contribution in [1.29, 1.82) is 0 Å². The second kappa shape index (κ2) is 14.3. The minimum absolute atomic E-state index is 0.619. The molecular weight excluding hydrogens is 743 g/mol. The van der Waals surface area contributed by atoms with Crippen LogP contribution in [0.3, 0.4) is 0 Å². The summed E-state index contributed by atoms with van der Waals surface area (Å²) in [6, 6.07) is 74.7. The van der Waals surface area contributed by atoms with Gasteiger partial charge in [0, 0.05) is 27.5 Å². The van der Waals surface area contributed by atoms with Crippen molar-refractivity contribution < 1.29 is 4.42 Å². The Morgan fingerprint density at radius 2 is 0.787 bits per heavy atom. The summed E-state index contributed by atoms with van der Waals surface area (Å²) in [4.78, 5) is 15.6. The molecule has 61 heavy (non-hydrogen) atoms. The maximum atomic E-state index is 6.53. The van der Waals surface area contributed by atoms with E-state index in [1.807, 2.05) is 6.07 Å². The van der Waals surface area contributed by atoms with Crippen molar-refractivity contribution in [2.24, 2.45) is 0 Å². The summed E-state index contributed by atoms with van der Waals surface area (Å²) in [6.07, 6.45) is 0. The van der Waals surface area contributed by atoms with Gasteiger partial charge in [0.1, 0.15) is 11.2 Å². The Balaban J connectivity index is 1.03. The van der Waals surface area contributed by atoms with Crippen LogP contribution in [0.2, 0.25) is 0 Å². The molecule has 0 radical (unpaired) electrons. The third kappa shape index (κ3) is 6.12. The molecule has 12 aromatic rings. The lowest BCUT2D eigenvalue weighted by Crippen LogP contribution is -2.01. The van der Waals surface area contributed by atoms with E-state index >= 15 is 0 Å². The van der Waals surface area contributed by atoms with Gasteiger partial charge in [-0.05, 0) is 108 Å². The van der Waals surface area contributed by atoms with Gasteiger partial charge in [0.05, 0.1) is 0 Å². The molecule has 4 heteroatoms. The molecule has 0 aliphatic rings. The highest BCUT2D eigenvalue weighted by Gasteiger charge is 2.19. The summed E-state index contributed by atoms with van der Waals surface area (Å²) in [7, 11) is 0. The third-order valence-corrected chi connectivity index (χ3v) is 11.9. The van der Waals surface area contributed by atoms with E-state index in [0.717, 1.165) is 82.6 Å². The average molecular weight is 778 g/mol. The van der Waals surface area contributed by atoms with Crippen LogP contribution in [0.5, 0.6) is 0 Å². The molecule has 0 saturated carbocycles. The molecule has 0 N–H and O–H groups in total. The highest BCUT2D eigenvalue weighted by atomic mass is 16.3. The van der Waals surface area contributed by atoms with Crippen molar-refractivity contribution in [3.8, 4) is 67.5 Å². The van der Waals surface area contributed by atoms with Crippen molar-refractivity contribution in [1.82, 2.24) is 15.0 Å². The van der Waals surface area contributed by atoms with Crippen LogP contribution in [0.15, 0.2) is 217 Å². The van der Waals surface area contributed by atoms with E-state index in [4.69, 9.17) is 19.4 Å². The van der Waals surface area contributed by atoms with Gasteiger partial charge in [0.25, 0.3) is 0 Å². The van der Waals surface area contributed by atoms with Crippen LogP contribution in [0.4, 0.5) is 0 Å². The summed E-state index contributed by atoms with van der Waals surface area (Å²) in [5, 5.41) is 9.10. The second-order valence-corrected chi connectivity index (χ2v) is 15.6. The lowest BCUT2D eigenvalue weighted by molar-refractivity contribution is 0.669. The highest BCUT2D eigenvalue weighted by Crippen LogP contribution is 2.43. The van der Waals surface area contributed by atoms with Crippen molar-refractivity contribution in [2.45, 2.75) is 0 Å². The molecule has 0 amide bonds. The van der Waals surface area contributed by atoms with E-state index < -0.39 is 0 Å². The van der Waals surface area contributed by atoms with Gasteiger partial charge in [-0.1, -0.05) is 170 Å². The average Bonchev–Trinajstić information content (AvgIpc) is 3.72. The van der Waals surface area contributed by atoms with Gasteiger partial charge in [-0.15, -0.1) is 0 Å². The molecule has 0 spiro atoms. The number of furan rings is 1. The molecule has 0 saturated heterocycles. The number of hydrogen-bond acceptors (Lipinski definition) is 4. The summed E-state index contributed by atoms with van der Waals surface area (Å²) < 4.78 is 6.53. The zero-order chi connectivity index (χ0) is 40.3. The molecule has 0 unspecified atom stereocenters. The molecule has 10 aromatic carbocycles. The molecule has 0 fully saturated rings. The molecule has 0 aliphatic carbocycles. The molecule has 0 bridgehead atoms. The molecule has 2 heterocycles. The van der Waals surface area contributed by atoms with Crippen LogP contribution < -0.4 is 0 Å². The Hall–Kier alpha value is -8.21. The van der Waals surface area contributed by atoms with Crippen LogP contribution >= 0.6 is 0 Å². The fourth-order valence-corrected chi connectivity index (χ4v) is 8.88. The predicted molar refractivity (Wildman–Crippen MR) is 252 cm³/mol. The fraction of sp³-hybridized carbons (Fsp3) is 0. The molecular formula is C57H35N3O. The molecule has 2 aromatic heterocycles. The van der Waals surface area contributed by atoms with Crippen molar-refractivity contribution in [2.75, 3.05) is 0 Å². The zero-order valence-corrected chi connectivity index (χ0v) is 33.0. The van der Waals surface area contributed by atoms with Gasteiger partial charge in [-0.2, -0.15) is 0 Å². The Morgan fingerprint density at radius 3 is 1.56 bits per heavy atom. The first kappa shape index (κ1) is 34.8. The highest BCUT2D eigenvalue weighted by molar-refractivity contribution is 6.17. The molecule has 0 aliphatic heterocycles. The number of rotatable bonds is 6. The van der Waals surface area contributed by atoms with E-state index in [-0.39, 0.29) is 0 Å². The largest absolute Gasteiger partial charge is 0.456 e. The van der Waals surface area contributed by atoms with Gasteiger partial charge < -0.3 is 4.42 Å². The van der Waals surface area contributed by atoms with Gasteiger partial charge in [-0.25, -0.2) is 15.0 Å². The van der Waals surface area contributed by atoms with E-state index in [9.17, 15) is 0 Å². The summed E-state index contributed by atoms with van der Waals surface area (Å²) in [6.45, 7) is 0. The van der Waals surface area contributed by atoms with Crippen LogP contribution in [0.25, 0.3) is 122 Å². The number of aromatic nitrogens is 3. The Morgan fingerprint density at radius 1 is 0.262 bits per heavy atom. The Kier molecular flexibility index (Phi) is 8.13. The summed E-state index contributed by atoms with van der Waals surface area (Å²) in [5.41, 5.74) is 11.3. The normalized spacial score (nSPS) is 11.6. The lowest BCUT2D eigenvalue weighted by atomic mass is 9.91. The van der Waals surface area contributed by atoms with E-state index in [1.165, 1.54) is 21.7 Å². The molecule has 4 nitrogen and oxygen atoms in total. The van der Waals surface area contributed by atoms with Crippen LogP contribution in [0.1, 0.15) is 0 Å². The van der Waals surface area contributed by atoms with Gasteiger partial charge in [-0.3, -0.25) is 0 Å². The summed E-state index contributed by atoms with van der Waals surface area (Å²) in [5.74, 6) is 1.87. The van der Waals surface area contributed by atoms with E-state index in [1.54, 1.807) is 0 Å². The maximum absolute atomic E-state index is 6.53. The number of fused-ring (bicyclic) bond motifs is 6. The molecule has 0 atom stereocenters. The minimum atomic E-state index is 0.619. The smallest absolute Gasteiger partial charge is 0.164 e. The zero-order valence-electron chi connectivity index (χ0n) is 33.0. The molecule has 284 valence electrons. The molecule has 12 rings (SSSR count). The number of nitrogens with zero attached hydrogens (tertiary/aromatic N) is 3. The monoisotopic (exact) mass is 777 g/mol. The van der Waals surface area contributed by atoms with Gasteiger partial charge >= 0.3 is 0 Å². The van der Waals surface area contributed by atoms with Gasteiger partial charge in [0.15, 0.2) is 17.5 Å². The number of hydrogen-bond donors (Lipinski definition) is 0. The minimum Gasteiger partial charge on any atom is -0.456 e. The quantitative estimate of drug-likeness (QED) is 0.169. The van der Waals surface area contributed by atoms with Crippen LogP contribution in [-0.4, -0.2) is 15.0 Å². The van der Waals surface area contributed by atoms with Crippen molar-refractivity contribution in [3.05, 3.63) is 212 Å². The third-order valence-electron chi connectivity index (χ3n) is 11.9. The summed E-state index contributed by atoms with van der Waals surface area (Å²) >= 11 is 0. The Labute approximate surface area is 352 Å². The Bertz CT molecular complexity index is 3660. The predicted octanol–water partition coefficient (Wildman–Crippen LogP) is 15.2. The van der Waals surface area contributed by atoms with E-state index in [2.05, 4.69) is 206 Å². The van der Waals surface area contributed by atoms with E-state index in [0.29, 0.717) is 17.5 Å². The first-order valence-corrected chi connectivity index (χ1v) is 20.6. The first-order chi connectivity index (χ1) is 30.2. The van der Waals surface area contributed by atoms with Crippen molar-refractivity contribution in [3.63, 3.8) is 0 Å². The SMILES string of the molecule is c1ccc(-c2cccc(-c3nc(-c4ccc5ccccc5c4)nc(-c4ccc(-c5cccc6oc7ccc(-c8ccc9ccccc9c8)cc7c56)c5ccccc45)n3)c2)cc1. The van der Waals surface area contributed by atoms with Gasteiger partial charge in [0.2, 0.25) is 0 Å². The van der Waals surface area contributed by atoms with Crippen LogP contribution in [0, 0.1) is 0 Å². The lowest BCUT2D eigenvalue weighted by Gasteiger charge is -2.14. The fourth-order valence-electron chi connectivity index (χ4n) is 8.88. The maximum Gasteiger partial charge on any atom is 0.164 e. The van der Waals surface area contributed by atoms with Crippen molar-refractivity contribution >= 4 is 54.3 Å².